The van der Waals surface area contributed by atoms with Gasteiger partial charge in [-0.05, 0) is 38.1 Å². The fraction of sp³-hybridized carbons (Fsp3) is 0.538. The van der Waals surface area contributed by atoms with Crippen molar-refractivity contribution in [2.45, 2.75) is 19.4 Å². The van der Waals surface area contributed by atoms with Gasteiger partial charge in [0.25, 0.3) is 0 Å². The summed E-state index contributed by atoms with van der Waals surface area (Å²) >= 11 is 0. The van der Waals surface area contributed by atoms with Crippen LogP contribution in [0.5, 0.6) is 0 Å². The van der Waals surface area contributed by atoms with Crippen LogP contribution < -0.4 is 0 Å². The zero-order valence-electron chi connectivity index (χ0n) is 10.1. The molecule has 1 saturated heterocycles. The van der Waals surface area contributed by atoms with Crippen molar-refractivity contribution in [1.82, 2.24) is 9.88 Å². The number of hydrogen-bond donors (Lipinski definition) is 0. The van der Waals surface area contributed by atoms with Crippen LogP contribution in [0.2, 0.25) is 0 Å². The van der Waals surface area contributed by atoms with Gasteiger partial charge in [-0.15, -0.1) is 0 Å². The number of carbonyl (C=O) groups excluding carboxylic acids is 1. The minimum atomic E-state index is -0.0671. The number of rotatable bonds is 3. The third kappa shape index (κ3) is 3.27. The molecule has 0 radical (unpaired) electrons. The Balaban J connectivity index is 1.82. The number of ether oxygens (including phenoxy) is 1. The highest BCUT2D eigenvalue weighted by molar-refractivity contribution is 5.72. The zero-order chi connectivity index (χ0) is 12.1. The predicted molar refractivity (Wildman–Crippen MR) is 64.3 cm³/mol. The standard InChI is InChI=1S/C13H18N2O2/c1-17-13(16)11-5-8-15(9-6-11)10-12-4-2-3-7-14-12/h2-4,7,11H,5-6,8-10H2,1H3. The summed E-state index contributed by atoms with van der Waals surface area (Å²) in [4.78, 5) is 18.0. The maximum atomic E-state index is 11.4. The van der Waals surface area contributed by atoms with Crippen LogP contribution in [0.1, 0.15) is 18.5 Å². The minimum absolute atomic E-state index is 0.0671. The van der Waals surface area contributed by atoms with Crippen molar-refractivity contribution in [2.75, 3.05) is 20.2 Å². The van der Waals surface area contributed by atoms with Gasteiger partial charge in [-0.25, -0.2) is 0 Å². The fourth-order valence-corrected chi connectivity index (χ4v) is 2.21. The molecule has 0 bridgehead atoms. The first-order chi connectivity index (χ1) is 8.29. The highest BCUT2D eigenvalue weighted by Crippen LogP contribution is 2.19. The molecule has 17 heavy (non-hydrogen) atoms. The van der Waals surface area contributed by atoms with E-state index in [4.69, 9.17) is 4.74 Å². The quantitative estimate of drug-likeness (QED) is 0.743. The van der Waals surface area contributed by atoms with Gasteiger partial charge < -0.3 is 4.74 Å². The Morgan fingerprint density at radius 1 is 1.47 bits per heavy atom. The smallest absolute Gasteiger partial charge is 0.308 e. The third-order valence-electron chi connectivity index (χ3n) is 3.23. The Kier molecular flexibility index (Phi) is 4.09. The van der Waals surface area contributed by atoms with Crippen molar-refractivity contribution in [3.05, 3.63) is 30.1 Å². The average molecular weight is 234 g/mol. The number of carbonyl (C=O) groups is 1. The maximum absolute atomic E-state index is 11.4. The first-order valence-electron chi connectivity index (χ1n) is 5.99. The van der Waals surface area contributed by atoms with E-state index in [0.29, 0.717) is 0 Å². The van der Waals surface area contributed by atoms with Gasteiger partial charge in [0, 0.05) is 12.7 Å². The Morgan fingerprint density at radius 2 is 2.24 bits per heavy atom. The van der Waals surface area contributed by atoms with E-state index in [0.717, 1.165) is 38.2 Å². The second kappa shape index (κ2) is 5.77. The molecule has 0 amide bonds. The number of methoxy groups -OCH3 is 1. The Hall–Kier alpha value is -1.42. The SMILES string of the molecule is COC(=O)C1CCN(Cc2ccccn2)CC1. The van der Waals surface area contributed by atoms with Crippen LogP contribution in [0, 0.1) is 5.92 Å². The van der Waals surface area contributed by atoms with Crippen molar-refractivity contribution >= 4 is 5.97 Å². The van der Waals surface area contributed by atoms with Gasteiger partial charge in [0.1, 0.15) is 0 Å². The van der Waals surface area contributed by atoms with Gasteiger partial charge >= 0.3 is 5.97 Å². The van der Waals surface area contributed by atoms with E-state index in [1.54, 1.807) is 0 Å². The van der Waals surface area contributed by atoms with Crippen molar-refractivity contribution < 1.29 is 9.53 Å². The zero-order valence-corrected chi connectivity index (χ0v) is 10.1. The van der Waals surface area contributed by atoms with Crippen molar-refractivity contribution in [1.29, 1.82) is 0 Å². The van der Waals surface area contributed by atoms with Crippen LogP contribution in [0.25, 0.3) is 0 Å². The number of aromatic nitrogens is 1. The summed E-state index contributed by atoms with van der Waals surface area (Å²) in [6.07, 6.45) is 3.59. The van der Waals surface area contributed by atoms with E-state index in [1.165, 1.54) is 7.11 Å². The molecule has 1 fully saturated rings. The van der Waals surface area contributed by atoms with Crippen LogP contribution in [0.4, 0.5) is 0 Å². The molecule has 0 N–H and O–H groups in total. The normalized spacial score (nSPS) is 17.9. The first-order valence-corrected chi connectivity index (χ1v) is 5.99. The van der Waals surface area contributed by atoms with E-state index in [-0.39, 0.29) is 11.9 Å². The monoisotopic (exact) mass is 234 g/mol. The molecular weight excluding hydrogens is 216 g/mol. The summed E-state index contributed by atoms with van der Waals surface area (Å²) in [5.74, 6) is 0.0162. The van der Waals surface area contributed by atoms with Gasteiger partial charge in [-0.1, -0.05) is 6.07 Å². The van der Waals surface area contributed by atoms with E-state index < -0.39 is 0 Å². The molecule has 4 nitrogen and oxygen atoms in total. The third-order valence-corrected chi connectivity index (χ3v) is 3.23. The molecule has 0 aromatic carbocycles. The van der Waals surface area contributed by atoms with E-state index >= 15 is 0 Å². The Labute approximate surface area is 102 Å². The fourth-order valence-electron chi connectivity index (χ4n) is 2.21. The van der Waals surface area contributed by atoms with Gasteiger partial charge in [0.05, 0.1) is 18.7 Å². The lowest BCUT2D eigenvalue weighted by molar-refractivity contribution is -0.147. The lowest BCUT2D eigenvalue weighted by Gasteiger charge is -2.30. The van der Waals surface area contributed by atoms with Gasteiger partial charge in [-0.2, -0.15) is 0 Å². The van der Waals surface area contributed by atoms with E-state index in [2.05, 4.69) is 9.88 Å². The summed E-state index contributed by atoms with van der Waals surface area (Å²) in [7, 11) is 1.46. The summed E-state index contributed by atoms with van der Waals surface area (Å²) in [5.41, 5.74) is 1.09. The summed E-state index contributed by atoms with van der Waals surface area (Å²) in [5, 5.41) is 0. The van der Waals surface area contributed by atoms with Crippen LogP contribution in [0.3, 0.4) is 0 Å². The second-order valence-corrected chi connectivity index (χ2v) is 4.39. The molecule has 2 heterocycles. The van der Waals surface area contributed by atoms with Gasteiger partial charge in [-0.3, -0.25) is 14.7 Å². The van der Waals surface area contributed by atoms with Crippen LogP contribution in [-0.2, 0) is 16.1 Å². The molecule has 1 aromatic rings. The van der Waals surface area contributed by atoms with E-state index in [9.17, 15) is 4.79 Å². The van der Waals surface area contributed by atoms with Gasteiger partial charge in [0.2, 0.25) is 0 Å². The number of piperidine rings is 1. The number of hydrogen-bond acceptors (Lipinski definition) is 4. The second-order valence-electron chi connectivity index (χ2n) is 4.39. The predicted octanol–water partition coefficient (Wildman–Crippen LogP) is 1.47. The molecule has 1 aromatic heterocycles. The molecule has 1 aliphatic rings. The van der Waals surface area contributed by atoms with Crippen molar-refractivity contribution in [3.63, 3.8) is 0 Å². The lowest BCUT2D eigenvalue weighted by atomic mass is 9.97. The van der Waals surface area contributed by atoms with Crippen LogP contribution in [0.15, 0.2) is 24.4 Å². The number of likely N-dealkylation sites (tertiary alicyclic amines) is 1. The molecule has 0 saturated carbocycles. The molecule has 4 heteroatoms. The molecule has 1 aliphatic heterocycles. The van der Waals surface area contributed by atoms with Crippen molar-refractivity contribution in [2.24, 2.45) is 5.92 Å². The molecule has 2 rings (SSSR count). The largest absolute Gasteiger partial charge is 0.469 e. The summed E-state index contributed by atoms with van der Waals surface area (Å²) in [6, 6.07) is 5.96. The molecule has 0 aliphatic carbocycles. The number of pyridine rings is 1. The highest BCUT2D eigenvalue weighted by atomic mass is 16.5. The number of nitrogens with zero attached hydrogens (tertiary/aromatic N) is 2. The minimum Gasteiger partial charge on any atom is -0.469 e. The van der Waals surface area contributed by atoms with E-state index in [1.807, 2.05) is 24.4 Å². The summed E-state index contributed by atoms with van der Waals surface area (Å²) in [6.45, 7) is 2.75. The first kappa shape index (κ1) is 12.0. The van der Waals surface area contributed by atoms with Gasteiger partial charge in [0.15, 0.2) is 0 Å². The molecule has 0 atom stereocenters. The lowest BCUT2D eigenvalue weighted by Crippen LogP contribution is -2.36. The Bertz CT molecular complexity index is 359. The topological polar surface area (TPSA) is 42.4 Å². The molecule has 0 unspecified atom stereocenters. The van der Waals surface area contributed by atoms with Crippen LogP contribution in [-0.4, -0.2) is 36.1 Å². The Morgan fingerprint density at radius 3 is 2.82 bits per heavy atom. The summed E-state index contributed by atoms with van der Waals surface area (Å²) < 4.78 is 4.77. The molecule has 0 spiro atoms. The number of esters is 1. The maximum Gasteiger partial charge on any atom is 0.308 e. The van der Waals surface area contributed by atoms with Crippen molar-refractivity contribution in [3.8, 4) is 0 Å². The highest BCUT2D eigenvalue weighted by Gasteiger charge is 2.25. The molecular formula is C13H18N2O2. The molecule has 92 valence electrons. The average Bonchev–Trinajstić information content (AvgIpc) is 2.40. The van der Waals surface area contributed by atoms with Crippen LogP contribution >= 0.6 is 0 Å².